The molecule has 1 aromatic rings. The highest BCUT2D eigenvalue weighted by Gasteiger charge is 2.21. The molecule has 0 amide bonds. The van der Waals surface area contributed by atoms with E-state index in [1.54, 1.807) is 0 Å². The van der Waals surface area contributed by atoms with Gasteiger partial charge in [-0.05, 0) is 25.3 Å². The molecule has 1 saturated carbocycles. The maximum atomic E-state index is 12.3. The Balaban J connectivity index is 1.98. The Hall–Kier alpha value is -1.12. The van der Waals surface area contributed by atoms with Crippen molar-refractivity contribution in [2.24, 2.45) is 13.0 Å². The number of rotatable bonds is 4. The second kappa shape index (κ2) is 6.17. The predicted molar refractivity (Wildman–Crippen MR) is 72.5 cm³/mol. The van der Waals surface area contributed by atoms with Crippen molar-refractivity contribution in [3.05, 3.63) is 17.5 Å². The van der Waals surface area contributed by atoms with E-state index in [0.717, 1.165) is 30.7 Å². The predicted octanol–water partition coefficient (Wildman–Crippen LogP) is 3.06. The molecule has 0 bridgehead atoms. The summed E-state index contributed by atoms with van der Waals surface area (Å²) in [7, 11) is 1.94. The van der Waals surface area contributed by atoms with Crippen molar-refractivity contribution < 1.29 is 4.79 Å². The average molecular weight is 248 g/mol. The number of carbonyl (C=O) groups excluding carboxylic acids is 1. The fraction of sp³-hybridized carbons (Fsp3) is 0.733. The summed E-state index contributed by atoms with van der Waals surface area (Å²) in [5, 5.41) is 4.41. The SMILES string of the molecule is CCc1cc(CC(=O)C2CCCCCC2)n(C)n1. The van der Waals surface area contributed by atoms with Gasteiger partial charge in [0.1, 0.15) is 5.78 Å². The van der Waals surface area contributed by atoms with Crippen LogP contribution in [0.25, 0.3) is 0 Å². The van der Waals surface area contributed by atoms with E-state index in [4.69, 9.17) is 0 Å². The molecule has 1 fully saturated rings. The third-order valence-electron chi connectivity index (χ3n) is 4.06. The Kier molecular flexibility index (Phi) is 4.56. The topological polar surface area (TPSA) is 34.9 Å². The molecular weight excluding hydrogens is 224 g/mol. The molecule has 1 aromatic heterocycles. The summed E-state index contributed by atoms with van der Waals surface area (Å²) >= 11 is 0. The van der Waals surface area contributed by atoms with Gasteiger partial charge in [0.15, 0.2) is 0 Å². The number of nitrogens with zero attached hydrogens (tertiary/aromatic N) is 2. The Morgan fingerprint density at radius 2 is 2.00 bits per heavy atom. The molecule has 0 radical (unpaired) electrons. The lowest BCUT2D eigenvalue weighted by molar-refractivity contribution is -0.122. The number of aromatic nitrogens is 2. The molecule has 0 saturated heterocycles. The lowest BCUT2D eigenvalue weighted by Gasteiger charge is -2.12. The van der Waals surface area contributed by atoms with Crippen molar-refractivity contribution in [2.75, 3.05) is 0 Å². The maximum absolute atomic E-state index is 12.3. The molecule has 2 rings (SSSR count). The lowest BCUT2D eigenvalue weighted by Crippen LogP contribution is -2.17. The zero-order chi connectivity index (χ0) is 13.0. The molecule has 18 heavy (non-hydrogen) atoms. The summed E-state index contributed by atoms with van der Waals surface area (Å²) in [5.41, 5.74) is 2.15. The molecule has 0 unspecified atom stereocenters. The minimum atomic E-state index is 0.299. The van der Waals surface area contributed by atoms with Gasteiger partial charge in [-0.1, -0.05) is 32.6 Å². The van der Waals surface area contributed by atoms with Crippen LogP contribution in [0, 0.1) is 5.92 Å². The molecule has 0 atom stereocenters. The fourth-order valence-electron chi connectivity index (χ4n) is 2.83. The van der Waals surface area contributed by atoms with Crippen LogP contribution >= 0.6 is 0 Å². The van der Waals surface area contributed by atoms with E-state index in [1.807, 2.05) is 11.7 Å². The molecule has 1 aliphatic rings. The van der Waals surface area contributed by atoms with Gasteiger partial charge in [0.05, 0.1) is 5.69 Å². The highest BCUT2D eigenvalue weighted by molar-refractivity contribution is 5.82. The van der Waals surface area contributed by atoms with Gasteiger partial charge >= 0.3 is 0 Å². The van der Waals surface area contributed by atoms with E-state index in [-0.39, 0.29) is 0 Å². The van der Waals surface area contributed by atoms with Crippen molar-refractivity contribution in [1.29, 1.82) is 0 Å². The van der Waals surface area contributed by atoms with E-state index >= 15 is 0 Å². The van der Waals surface area contributed by atoms with Crippen LogP contribution in [0.15, 0.2) is 6.07 Å². The number of Topliss-reactive ketones (excluding diaryl/α,β-unsaturated/α-hetero) is 1. The van der Waals surface area contributed by atoms with Crippen molar-refractivity contribution in [2.45, 2.75) is 58.3 Å². The largest absolute Gasteiger partial charge is 0.299 e. The first kappa shape index (κ1) is 13.3. The fourth-order valence-corrected chi connectivity index (χ4v) is 2.83. The molecule has 1 heterocycles. The molecule has 0 N–H and O–H groups in total. The minimum Gasteiger partial charge on any atom is -0.299 e. The van der Waals surface area contributed by atoms with Crippen molar-refractivity contribution in [1.82, 2.24) is 9.78 Å². The van der Waals surface area contributed by atoms with E-state index in [0.29, 0.717) is 18.1 Å². The molecule has 1 aliphatic carbocycles. The summed E-state index contributed by atoms with van der Waals surface area (Å²) < 4.78 is 1.87. The van der Waals surface area contributed by atoms with Crippen LogP contribution < -0.4 is 0 Å². The van der Waals surface area contributed by atoms with Crippen LogP contribution in [-0.2, 0) is 24.7 Å². The van der Waals surface area contributed by atoms with Crippen molar-refractivity contribution >= 4 is 5.78 Å². The molecule has 100 valence electrons. The van der Waals surface area contributed by atoms with Gasteiger partial charge in [-0.2, -0.15) is 5.10 Å². The van der Waals surface area contributed by atoms with Crippen molar-refractivity contribution in [3.8, 4) is 0 Å². The van der Waals surface area contributed by atoms with Crippen molar-refractivity contribution in [3.63, 3.8) is 0 Å². The van der Waals surface area contributed by atoms with E-state index in [1.165, 1.54) is 25.7 Å². The summed E-state index contributed by atoms with van der Waals surface area (Å²) in [6.07, 6.45) is 8.74. The van der Waals surface area contributed by atoms with E-state index < -0.39 is 0 Å². The Morgan fingerprint density at radius 1 is 1.33 bits per heavy atom. The summed E-state index contributed by atoms with van der Waals surface area (Å²) in [6.45, 7) is 2.10. The standard InChI is InChI=1S/C15H24N2O/c1-3-13-10-14(17(2)16-13)11-15(18)12-8-6-4-5-7-9-12/h10,12H,3-9,11H2,1-2H3. The van der Waals surface area contributed by atoms with E-state index in [2.05, 4.69) is 18.1 Å². The smallest absolute Gasteiger partial charge is 0.141 e. The monoisotopic (exact) mass is 248 g/mol. The molecular formula is C15H24N2O. The Bertz CT molecular complexity index is 401. The highest BCUT2D eigenvalue weighted by Crippen LogP contribution is 2.24. The quantitative estimate of drug-likeness (QED) is 0.768. The van der Waals surface area contributed by atoms with Crippen LogP contribution in [-0.4, -0.2) is 15.6 Å². The number of hydrogen-bond acceptors (Lipinski definition) is 2. The first-order chi connectivity index (χ1) is 8.70. The Labute approximate surface area is 110 Å². The number of hydrogen-bond donors (Lipinski definition) is 0. The van der Waals surface area contributed by atoms with Crippen LogP contribution in [0.5, 0.6) is 0 Å². The van der Waals surface area contributed by atoms with Crippen LogP contribution in [0.1, 0.15) is 56.8 Å². The summed E-state index contributed by atoms with van der Waals surface area (Å²) in [5.74, 6) is 0.718. The highest BCUT2D eigenvalue weighted by atomic mass is 16.1. The normalized spacial score (nSPS) is 17.7. The van der Waals surface area contributed by atoms with Gasteiger partial charge in [-0.15, -0.1) is 0 Å². The first-order valence-corrected chi connectivity index (χ1v) is 7.25. The van der Waals surface area contributed by atoms with Gasteiger partial charge in [-0.3, -0.25) is 9.48 Å². The molecule has 0 aliphatic heterocycles. The van der Waals surface area contributed by atoms with Crippen LogP contribution in [0.3, 0.4) is 0 Å². The molecule has 3 heteroatoms. The molecule has 0 spiro atoms. The second-order valence-corrected chi connectivity index (χ2v) is 5.44. The number of aryl methyl sites for hydroxylation is 2. The first-order valence-electron chi connectivity index (χ1n) is 7.25. The van der Waals surface area contributed by atoms with Gasteiger partial charge in [0, 0.05) is 25.1 Å². The second-order valence-electron chi connectivity index (χ2n) is 5.44. The van der Waals surface area contributed by atoms with Crippen LogP contribution in [0.4, 0.5) is 0 Å². The third kappa shape index (κ3) is 3.21. The minimum absolute atomic E-state index is 0.299. The van der Waals surface area contributed by atoms with Gasteiger partial charge in [0.25, 0.3) is 0 Å². The van der Waals surface area contributed by atoms with Gasteiger partial charge in [0.2, 0.25) is 0 Å². The van der Waals surface area contributed by atoms with E-state index in [9.17, 15) is 4.79 Å². The molecule has 0 aromatic carbocycles. The van der Waals surface area contributed by atoms with Gasteiger partial charge in [-0.25, -0.2) is 0 Å². The zero-order valence-electron chi connectivity index (χ0n) is 11.6. The Morgan fingerprint density at radius 3 is 2.56 bits per heavy atom. The average Bonchev–Trinajstić information content (AvgIpc) is 2.59. The third-order valence-corrected chi connectivity index (χ3v) is 4.06. The lowest BCUT2D eigenvalue weighted by atomic mass is 9.93. The maximum Gasteiger partial charge on any atom is 0.141 e. The number of carbonyl (C=O) groups is 1. The molecule has 3 nitrogen and oxygen atoms in total. The zero-order valence-corrected chi connectivity index (χ0v) is 11.6. The summed E-state index contributed by atoms with van der Waals surface area (Å²) in [6, 6.07) is 2.08. The van der Waals surface area contributed by atoms with Gasteiger partial charge < -0.3 is 0 Å². The number of ketones is 1. The van der Waals surface area contributed by atoms with Crippen LogP contribution in [0.2, 0.25) is 0 Å². The summed E-state index contributed by atoms with van der Waals surface area (Å²) in [4.78, 5) is 12.3.